The first kappa shape index (κ1) is 16.1. The molecule has 0 aliphatic rings. The van der Waals surface area contributed by atoms with Crippen molar-refractivity contribution in [3.63, 3.8) is 0 Å². The largest absolute Gasteiger partial charge is 0.480 e. The molecule has 0 heterocycles. The molecule has 0 saturated heterocycles. The van der Waals surface area contributed by atoms with Crippen LogP contribution >= 0.6 is 0 Å². The zero-order valence-corrected chi connectivity index (χ0v) is 10.8. The second kappa shape index (κ2) is 9.12. The van der Waals surface area contributed by atoms with E-state index in [1.807, 2.05) is 6.92 Å². The van der Waals surface area contributed by atoms with Crippen molar-refractivity contribution >= 4 is 22.7 Å². The molecule has 100 valence electrons. The third kappa shape index (κ3) is 7.87. The summed E-state index contributed by atoms with van der Waals surface area (Å²) in [6.07, 6.45) is 0.883. The predicted octanol–water partition coefficient (Wildman–Crippen LogP) is 0.178. The van der Waals surface area contributed by atoms with Gasteiger partial charge in [0.2, 0.25) is 0 Å². The maximum absolute atomic E-state index is 11.3. The lowest BCUT2D eigenvalue weighted by atomic mass is 10.5. The maximum atomic E-state index is 11.3. The zero-order valence-electron chi connectivity index (χ0n) is 10.0. The summed E-state index contributed by atoms with van der Waals surface area (Å²) in [6.45, 7) is 4.23. The van der Waals surface area contributed by atoms with Crippen molar-refractivity contribution in [2.75, 3.05) is 25.6 Å². The molecular formula is C10H18O6S. The molecule has 1 N–H and O–H groups in total. The Morgan fingerprint density at radius 3 is 2.47 bits per heavy atom. The molecular weight excluding hydrogens is 248 g/mol. The Labute approximate surface area is 103 Å². The van der Waals surface area contributed by atoms with E-state index in [1.54, 1.807) is 0 Å². The van der Waals surface area contributed by atoms with Gasteiger partial charge < -0.3 is 14.6 Å². The summed E-state index contributed by atoms with van der Waals surface area (Å²) in [5, 5.41) is 7.50. The summed E-state index contributed by atoms with van der Waals surface area (Å²) in [5.74, 6) is -2.26. The van der Waals surface area contributed by atoms with Gasteiger partial charge in [-0.3, -0.25) is 13.8 Å². The average molecular weight is 266 g/mol. The number of ether oxygens (including phenoxy) is 2. The average Bonchev–Trinajstić information content (AvgIpc) is 2.27. The van der Waals surface area contributed by atoms with Gasteiger partial charge in [-0.1, -0.05) is 6.92 Å². The third-order valence-electron chi connectivity index (χ3n) is 1.84. The second-order valence-electron chi connectivity index (χ2n) is 3.34. The van der Waals surface area contributed by atoms with Gasteiger partial charge in [0.05, 0.1) is 6.61 Å². The highest BCUT2D eigenvalue weighted by Gasteiger charge is 2.21. The van der Waals surface area contributed by atoms with Crippen molar-refractivity contribution in [1.29, 1.82) is 0 Å². The fraction of sp³-hybridized carbons (Fsp3) is 0.800. The zero-order chi connectivity index (χ0) is 13.3. The summed E-state index contributed by atoms with van der Waals surface area (Å²) < 4.78 is 21.1. The van der Waals surface area contributed by atoms with Gasteiger partial charge in [-0.05, 0) is 13.3 Å². The monoisotopic (exact) mass is 266 g/mol. The topological polar surface area (TPSA) is 89.9 Å². The van der Waals surface area contributed by atoms with Crippen LogP contribution in [0.1, 0.15) is 20.3 Å². The van der Waals surface area contributed by atoms with Gasteiger partial charge in [0.25, 0.3) is 0 Å². The Hall–Kier alpha value is -0.950. The first-order valence-corrected chi connectivity index (χ1v) is 6.70. The Kier molecular flexibility index (Phi) is 8.61. The number of carboxylic acid groups (broad SMARTS) is 1. The van der Waals surface area contributed by atoms with Crippen LogP contribution in [0.4, 0.5) is 0 Å². The number of carbonyl (C=O) groups excluding carboxylic acids is 1. The quantitative estimate of drug-likeness (QED) is 0.473. The van der Waals surface area contributed by atoms with E-state index in [2.05, 4.69) is 0 Å². The van der Waals surface area contributed by atoms with Crippen LogP contribution in [0.15, 0.2) is 0 Å². The highest BCUT2D eigenvalue weighted by atomic mass is 32.2. The number of aliphatic carboxylic acids is 1. The van der Waals surface area contributed by atoms with Crippen LogP contribution in [0.2, 0.25) is 0 Å². The van der Waals surface area contributed by atoms with Crippen molar-refractivity contribution in [3.8, 4) is 0 Å². The highest BCUT2D eigenvalue weighted by molar-refractivity contribution is 7.87. The molecule has 0 radical (unpaired) electrons. The molecule has 2 atom stereocenters. The Morgan fingerprint density at radius 1 is 1.29 bits per heavy atom. The van der Waals surface area contributed by atoms with E-state index in [0.717, 1.165) is 6.42 Å². The van der Waals surface area contributed by atoms with E-state index in [0.29, 0.717) is 13.2 Å². The Morgan fingerprint density at radius 2 is 1.94 bits per heavy atom. The summed E-state index contributed by atoms with van der Waals surface area (Å²) in [5.41, 5.74) is 0. The van der Waals surface area contributed by atoms with Crippen LogP contribution in [0, 0.1) is 0 Å². The molecule has 0 rings (SSSR count). The first-order valence-electron chi connectivity index (χ1n) is 5.32. The molecule has 0 aromatic rings. The van der Waals surface area contributed by atoms with Crippen LogP contribution in [-0.4, -0.2) is 52.1 Å². The van der Waals surface area contributed by atoms with Crippen LogP contribution in [0.3, 0.4) is 0 Å². The van der Waals surface area contributed by atoms with Crippen LogP contribution in [0.5, 0.6) is 0 Å². The SMILES string of the molecule is CCCOCCOC(=O)CS(=O)C(C)C(=O)O. The van der Waals surface area contributed by atoms with Crippen LogP contribution in [0.25, 0.3) is 0 Å². The maximum Gasteiger partial charge on any atom is 0.318 e. The standard InChI is InChI=1S/C10H18O6S/c1-3-4-15-5-6-16-9(11)7-17(14)8(2)10(12)13/h8H,3-7H2,1-2H3,(H,12,13). The van der Waals surface area contributed by atoms with Gasteiger partial charge >= 0.3 is 11.9 Å². The lowest BCUT2D eigenvalue weighted by molar-refractivity contribution is -0.142. The van der Waals surface area contributed by atoms with Crippen molar-refractivity contribution in [1.82, 2.24) is 0 Å². The van der Waals surface area contributed by atoms with Crippen molar-refractivity contribution in [2.24, 2.45) is 0 Å². The lowest BCUT2D eigenvalue weighted by Crippen LogP contribution is -2.28. The Balaban J connectivity index is 3.72. The first-order chi connectivity index (χ1) is 7.99. The van der Waals surface area contributed by atoms with Gasteiger partial charge in [0, 0.05) is 17.4 Å². The molecule has 0 aliphatic heterocycles. The van der Waals surface area contributed by atoms with Crippen molar-refractivity contribution < 1.29 is 28.4 Å². The van der Waals surface area contributed by atoms with Crippen molar-refractivity contribution in [2.45, 2.75) is 25.5 Å². The van der Waals surface area contributed by atoms with Crippen LogP contribution in [-0.2, 0) is 29.9 Å². The molecule has 0 saturated carbocycles. The summed E-state index contributed by atoms with van der Waals surface area (Å²) >= 11 is 0. The molecule has 0 aliphatic carbocycles. The molecule has 0 bridgehead atoms. The van der Waals surface area contributed by atoms with Gasteiger partial charge in [0.1, 0.15) is 17.6 Å². The predicted molar refractivity (Wildman–Crippen MR) is 62.2 cm³/mol. The second-order valence-corrected chi connectivity index (χ2v) is 5.10. The molecule has 0 spiro atoms. The van der Waals surface area contributed by atoms with Gasteiger partial charge in [-0.15, -0.1) is 0 Å². The minimum atomic E-state index is -1.75. The van der Waals surface area contributed by atoms with Gasteiger partial charge in [0.15, 0.2) is 0 Å². The minimum Gasteiger partial charge on any atom is -0.480 e. The lowest BCUT2D eigenvalue weighted by Gasteiger charge is -2.07. The van der Waals surface area contributed by atoms with E-state index in [-0.39, 0.29) is 6.61 Å². The number of rotatable bonds is 9. The molecule has 0 aromatic heterocycles. The number of carbonyl (C=O) groups is 2. The van der Waals surface area contributed by atoms with E-state index in [4.69, 9.17) is 14.6 Å². The smallest absolute Gasteiger partial charge is 0.318 e. The molecule has 6 nitrogen and oxygen atoms in total. The van der Waals surface area contributed by atoms with Gasteiger partial charge in [-0.25, -0.2) is 0 Å². The number of hydrogen-bond donors (Lipinski definition) is 1. The molecule has 0 aromatic carbocycles. The van der Waals surface area contributed by atoms with E-state index in [1.165, 1.54) is 6.92 Å². The molecule has 17 heavy (non-hydrogen) atoms. The summed E-state index contributed by atoms with van der Waals surface area (Å²) in [7, 11) is -1.75. The van der Waals surface area contributed by atoms with E-state index < -0.39 is 33.7 Å². The Bertz CT molecular complexity index is 278. The molecule has 7 heteroatoms. The fourth-order valence-electron chi connectivity index (χ4n) is 0.856. The fourth-order valence-corrected chi connectivity index (χ4v) is 1.65. The van der Waals surface area contributed by atoms with E-state index in [9.17, 15) is 13.8 Å². The molecule has 0 amide bonds. The highest BCUT2D eigenvalue weighted by Crippen LogP contribution is 1.97. The number of esters is 1. The third-order valence-corrected chi connectivity index (χ3v) is 3.35. The summed E-state index contributed by atoms with van der Waals surface area (Å²) in [4.78, 5) is 21.6. The van der Waals surface area contributed by atoms with Crippen LogP contribution < -0.4 is 0 Å². The van der Waals surface area contributed by atoms with Crippen molar-refractivity contribution in [3.05, 3.63) is 0 Å². The number of carboxylic acids is 1. The number of hydrogen-bond acceptors (Lipinski definition) is 5. The molecule has 2 unspecified atom stereocenters. The normalized spacial score (nSPS) is 14.0. The van der Waals surface area contributed by atoms with E-state index >= 15 is 0 Å². The molecule has 0 fully saturated rings. The minimum absolute atomic E-state index is 0.0947. The van der Waals surface area contributed by atoms with Gasteiger partial charge in [-0.2, -0.15) is 0 Å². The summed E-state index contributed by atoms with van der Waals surface area (Å²) in [6, 6.07) is 0.